The minimum absolute atomic E-state index is 0.131. The number of rotatable bonds is 13. The smallest absolute Gasteiger partial charge is 0.459 e. The maximum atomic E-state index is 16.6. The number of ether oxygens (including phenoxy) is 4. The van der Waals surface area contributed by atoms with E-state index in [-0.39, 0.29) is 12.3 Å². The van der Waals surface area contributed by atoms with E-state index in [9.17, 15) is 23.7 Å². The van der Waals surface area contributed by atoms with Crippen LogP contribution in [0.25, 0.3) is 0 Å². The van der Waals surface area contributed by atoms with Crippen molar-refractivity contribution < 1.29 is 46.5 Å². The number of aromatic amines is 1. The minimum atomic E-state index is -4.42. The van der Waals surface area contributed by atoms with E-state index in [1.807, 2.05) is 4.98 Å². The molecule has 0 amide bonds. The number of nitrogens with zero attached hydrogens (tertiary/aromatic N) is 2. The molecule has 248 valence electrons. The molecule has 2 aromatic rings. The molecule has 17 heteroatoms. The normalized spacial score (nSPS) is 25.8. The van der Waals surface area contributed by atoms with E-state index in [4.69, 9.17) is 28.0 Å². The highest BCUT2D eigenvalue weighted by atomic mass is 31.2. The number of aromatic nitrogens is 2. The molecule has 45 heavy (non-hydrogen) atoms. The summed E-state index contributed by atoms with van der Waals surface area (Å²) in [7, 11) is -4.42. The summed E-state index contributed by atoms with van der Waals surface area (Å²) in [6, 6.07) is 7.82. The Morgan fingerprint density at radius 2 is 1.84 bits per heavy atom. The van der Waals surface area contributed by atoms with Crippen LogP contribution in [0.15, 0.2) is 52.2 Å². The lowest BCUT2D eigenvalue weighted by Gasteiger charge is -2.30. The average Bonchev–Trinajstić information content (AvgIpc) is 3.21. The second kappa shape index (κ2) is 14.8. The van der Waals surface area contributed by atoms with Crippen LogP contribution in [0.4, 0.5) is 4.39 Å². The fourth-order valence-electron chi connectivity index (χ4n) is 4.77. The van der Waals surface area contributed by atoms with Gasteiger partial charge < -0.3 is 23.5 Å². The summed E-state index contributed by atoms with van der Waals surface area (Å²) in [4.78, 5) is 53.5. The molecule has 6 atom stereocenters. The van der Waals surface area contributed by atoms with Gasteiger partial charge in [0.2, 0.25) is 0 Å². The Morgan fingerprint density at radius 3 is 2.49 bits per heavy atom. The van der Waals surface area contributed by atoms with Crippen LogP contribution in [0, 0.1) is 0 Å². The van der Waals surface area contributed by atoms with Crippen LogP contribution in [0.3, 0.4) is 0 Å². The molecular formula is C28H38FN4O11P. The van der Waals surface area contributed by atoms with Crippen molar-refractivity contribution in [2.45, 2.75) is 63.9 Å². The maximum Gasteiger partial charge on any atom is 0.459 e. The molecule has 2 aliphatic heterocycles. The molecule has 2 fully saturated rings. The quantitative estimate of drug-likeness (QED) is 0.235. The molecule has 1 aromatic carbocycles. The summed E-state index contributed by atoms with van der Waals surface area (Å²) in [5.41, 5.74) is -4.21. The number of nitrogens with one attached hydrogen (secondary N) is 2. The molecule has 2 aliphatic rings. The lowest BCUT2D eigenvalue weighted by molar-refractivity contribution is -0.160. The molecule has 0 radical (unpaired) electrons. The molecule has 0 saturated carbocycles. The summed E-state index contributed by atoms with van der Waals surface area (Å²) in [5.74, 6) is -1.38. The summed E-state index contributed by atoms with van der Waals surface area (Å²) >= 11 is 0. The Morgan fingerprint density at radius 1 is 1.16 bits per heavy atom. The monoisotopic (exact) mass is 656 g/mol. The van der Waals surface area contributed by atoms with Crippen molar-refractivity contribution in [3.05, 3.63) is 63.4 Å². The van der Waals surface area contributed by atoms with Crippen LogP contribution in [-0.2, 0) is 37.6 Å². The van der Waals surface area contributed by atoms with Crippen molar-refractivity contribution >= 4 is 19.7 Å². The summed E-state index contributed by atoms with van der Waals surface area (Å²) < 4.78 is 64.7. The Hall–Kier alpha value is -3.40. The molecule has 0 aliphatic carbocycles. The maximum absolute atomic E-state index is 16.6. The number of halogens is 1. The van der Waals surface area contributed by atoms with Gasteiger partial charge in [-0.25, -0.2) is 13.8 Å². The van der Waals surface area contributed by atoms with Gasteiger partial charge in [0, 0.05) is 25.4 Å². The third-order valence-electron chi connectivity index (χ3n) is 6.93. The van der Waals surface area contributed by atoms with Crippen molar-refractivity contribution in [2.75, 3.05) is 39.5 Å². The molecule has 0 spiro atoms. The summed E-state index contributed by atoms with van der Waals surface area (Å²) in [6.07, 6.45) is -4.17. The number of morpholine rings is 1. The van der Waals surface area contributed by atoms with Crippen molar-refractivity contribution in [2.24, 2.45) is 0 Å². The van der Waals surface area contributed by atoms with Crippen molar-refractivity contribution in [1.29, 1.82) is 0 Å². The molecule has 0 unspecified atom stereocenters. The molecule has 15 nitrogen and oxygen atoms in total. The van der Waals surface area contributed by atoms with Gasteiger partial charge in [-0.3, -0.25) is 33.4 Å². The molecule has 4 rings (SSSR count). The van der Waals surface area contributed by atoms with E-state index in [2.05, 4.69) is 5.09 Å². The SMILES string of the molecule is CC(C)OC(=O)[C@H](C)N[P@](=O)(OC[C@H]1O[C@@H](n2ccc(=O)[nH]c2=O)[C@](C)(F)[C@@H]1OC(=O)CN1CCOCC1)Oc1ccccc1. The minimum Gasteiger partial charge on any atom is -0.462 e. The Kier molecular flexibility index (Phi) is 11.3. The van der Waals surface area contributed by atoms with Gasteiger partial charge in [0.05, 0.1) is 32.5 Å². The molecule has 2 N–H and O–H groups in total. The fraction of sp³-hybridized carbons (Fsp3) is 0.571. The molecule has 2 saturated heterocycles. The van der Waals surface area contributed by atoms with E-state index in [1.165, 1.54) is 19.1 Å². The third kappa shape index (κ3) is 9.08. The topological polar surface area (TPSA) is 177 Å². The van der Waals surface area contributed by atoms with E-state index in [1.54, 1.807) is 36.9 Å². The van der Waals surface area contributed by atoms with Gasteiger partial charge in [-0.1, -0.05) is 18.2 Å². The predicted molar refractivity (Wildman–Crippen MR) is 156 cm³/mol. The lowest BCUT2D eigenvalue weighted by atomic mass is 9.98. The molecule has 3 heterocycles. The van der Waals surface area contributed by atoms with Crippen molar-refractivity contribution in [3.63, 3.8) is 0 Å². The van der Waals surface area contributed by atoms with Crippen LogP contribution in [0.2, 0.25) is 0 Å². The zero-order valence-corrected chi connectivity index (χ0v) is 26.3. The average molecular weight is 657 g/mol. The van der Waals surface area contributed by atoms with Gasteiger partial charge in [-0.05, 0) is 39.8 Å². The molecule has 0 bridgehead atoms. The highest BCUT2D eigenvalue weighted by Gasteiger charge is 2.58. The van der Waals surface area contributed by atoms with E-state index < -0.39 is 73.8 Å². The number of alkyl halides is 1. The first-order valence-corrected chi connectivity index (χ1v) is 15.9. The zero-order valence-electron chi connectivity index (χ0n) is 25.4. The number of benzene rings is 1. The second-order valence-corrected chi connectivity index (χ2v) is 12.7. The fourth-order valence-corrected chi connectivity index (χ4v) is 6.27. The van der Waals surface area contributed by atoms with Crippen LogP contribution >= 0.6 is 7.75 Å². The Labute approximate surface area is 258 Å². The first-order valence-electron chi connectivity index (χ1n) is 14.4. The molecule has 1 aromatic heterocycles. The lowest BCUT2D eigenvalue weighted by Crippen LogP contribution is -2.48. The number of H-pyrrole nitrogens is 1. The number of carbonyl (C=O) groups is 2. The van der Waals surface area contributed by atoms with Gasteiger partial charge in [-0.2, -0.15) is 5.09 Å². The number of esters is 2. The second-order valence-electron chi connectivity index (χ2n) is 11.0. The van der Waals surface area contributed by atoms with Gasteiger partial charge in [0.25, 0.3) is 5.56 Å². The van der Waals surface area contributed by atoms with E-state index in [0.29, 0.717) is 26.3 Å². The van der Waals surface area contributed by atoms with Crippen molar-refractivity contribution in [1.82, 2.24) is 19.5 Å². The van der Waals surface area contributed by atoms with E-state index >= 15 is 4.39 Å². The van der Waals surface area contributed by atoms with Gasteiger partial charge >= 0.3 is 25.4 Å². The Bertz CT molecular complexity index is 1480. The van der Waals surface area contributed by atoms with Crippen molar-refractivity contribution in [3.8, 4) is 5.75 Å². The van der Waals surface area contributed by atoms with E-state index in [0.717, 1.165) is 23.8 Å². The summed E-state index contributed by atoms with van der Waals surface area (Å²) in [6.45, 7) is 6.70. The number of hydrogen-bond acceptors (Lipinski definition) is 12. The first-order chi connectivity index (χ1) is 21.3. The Balaban J connectivity index is 1.60. The highest BCUT2D eigenvalue weighted by molar-refractivity contribution is 7.52. The standard InChI is InChI=1S/C28H38FN4O11P/c1-18(2)41-25(36)19(3)31-45(38,44-20-8-6-5-7-9-20)40-17-21-24(43-23(35)16-32-12-14-39-15-13-32)28(4,29)26(42-21)33-11-10-22(34)30-27(33)37/h5-11,18-19,21,24,26H,12-17H2,1-4H3,(H,31,38)(H,30,34,37)/t19-,21+,24+,26+,28+,45-/m0/s1. The highest BCUT2D eigenvalue weighted by Crippen LogP contribution is 2.48. The number of hydrogen-bond donors (Lipinski definition) is 2. The molecular weight excluding hydrogens is 618 g/mol. The predicted octanol–water partition coefficient (Wildman–Crippen LogP) is 1.54. The number of carbonyl (C=O) groups excluding carboxylic acids is 2. The van der Waals surface area contributed by atoms with Crippen LogP contribution < -0.4 is 20.9 Å². The first kappa shape index (κ1) is 34.5. The summed E-state index contributed by atoms with van der Waals surface area (Å²) in [5, 5.41) is 2.53. The van der Waals surface area contributed by atoms with Crippen LogP contribution in [-0.4, -0.2) is 95.9 Å². The van der Waals surface area contributed by atoms with Crippen LogP contribution in [0.1, 0.15) is 33.9 Å². The largest absolute Gasteiger partial charge is 0.462 e. The third-order valence-corrected chi connectivity index (χ3v) is 8.58. The number of para-hydroxylation sites is 1. The van der Waals surface area contributed by atoms with Crippen LogP contribution in [0.5, 0.6) is 5.75 Å². The van der Waals surface area contributed by atoms with Gasteiger partial charge in [0.1, 0.15) is 17.9 Å². The van der Waals surface area contributed by atoms with Gasteiger partial charge in [0.15, 0.2) is 18.0 Å². The van der Waals surface area contributed by atoms with Gasteiger partial charge in [-0.15, -0.1) is 0 Å². The zero-order chi connectivity index (χ0) is 32.8.